The van der Waals surface area contributed by atoms with E-state index in [1.54, 1.807) is 7.11 Å². The van der Waals surface area contributed by atoms with Crippen LogP contribution in [0.25, 0.3) is 11.3 Å². The minimum Gasteiger partial charge on any atom is -0.493 e. The summed E-state index contributed by atoms with van der Waals surface area (Å²) in [5.74, 6) is 3.04. The molecule has 1 unspecified atom stereocenters. The lowest BCUT2D eigenvalue weighted by molar-refractivity contribution is 0.196. The predicted molar refractivity (Wildman–Crippen MR) is 110 cm³/mol. The van der Waals surface area contributed by atoms with Gasteiger partial charge in [-0.15, -0.1) is 0 Å². The molecule has 28 heavy (non-hydrogen) atoms. The monoisotopic (exact) mass is 381 g/mol. The van der Waals surface area contributed by atoms with Crippen LogP contribution in [0.2, 0.25) is 0 Å². The molecule has 1 heterocycles. The van der Waals surface area contributed by atoms with Crippen LogP contribution in [0.3, 0.4) is 0 Å². The SMILES string of the molecule is COc1cc(C(C)NCc2ccc(-c3ccc(C)cc3)o2)ccc1OCCO. The topological polar surface area (TPSA) is 63.9 Å². The molecule has 5 nitrogen and oxygen atoms in total. The number of ether oxygens (including phenoxy) is 2. The van der Waals surface area contributed by atoms with Gasteiger partial charge in [0.25, 0.3) is 0 Å². The van der Waals surface area contributed by atoms with Crippen molar-refractivity contribution in [3.05, 3.63) is 71.5 Å². The van der Waals surface area contributed by atoms with E-state index in [-0.39, 0.29) is 19.3 Å². The van der Waals surface area contributed by atoms with Gasteiger partial charge in [0.15, 0.2) is 11.5 Å². The molecule has 0 amide bonds. The summed E-state index contributed by atoms with van der Waals surface area (Å²) >= 11 is 0. The highest BCUT2D eigenvalue weighted by molar-refractivity contribution is 5.57. The number of benzene rings is 2. The summed E-state index contributed by atoms with van der Waals surface area (Å²) in [4.78, 5) is 0. The third kappa shape index (κ3) is 4.94. The largest absolute Gasteiger partial charge is 0.493 e. The minimum atomic E-state index is -0.0312. The van der Waals surface area contributed by atoms with E-state index in [1.807, 2.05) is 30.3 Å². The summed E-state index contributed by atoms with van der Waals surface area (Å²) in [5, 5.41) is 12.4. The van der Waals surface area contributed by atoms with Crippen molar-refractivity contribution in [1.29, 1.82) is 0 Å². The standard InChI is InChI=1S/C23H27NO4/c1-16-4-6-18(7-5-16)21-11-9-20(28-21)15-24-17(2)19-8-10-22(27-13-12-25)23(14-19)26-3/h4-11,14,17,24-25H,12-13,15H2,1-3H3. The van der Waals surface area contributed by atoms with Crippen molar-refractivity contribution >= 4 is 0 Å². The fourth-order valence-corrected chi connectivity index (χ4v) is 2.95. The third-order valence-electron chi connectivity index (χ3n) is 4.62. The van der Waals surface area contributed by atoms with Crippen LogP contribution in [0, 0.1) is 6.92 Å². The summed E-state index contributed by atoms with van der Waals surface area (Å²) in [6.45, 7) is 5.00. The Morgan fingerprint density at radius 1 is 1.04 bits per heavy atom. The number of hydrogen-bond acceptors (Lipinski definition) is 5. The average molecular weight is 381 g/mol. The van der Waals surface area contributed by atoms with Gasteiger partial charge in [0.1, 0.15) is 18.1 Å². The van der Waals surface area contributed by atoms with Gasteiger partial charge in [-0.1, -0.05) is 35.9 Å². The van der Waals surface area contributed by atoms with E-state index >= 15 is 0 Å². The summed E-state index contributed by atoms with van der Waals surface area (Å²) < 4.78 is 16.9. The normalized spacial score (nSPS) is 12.0. The number of methoxy groups -OCH3 is 1. The smallest absolute Gasteiger partial charge is 0.161 e. The number of nitrogens with one attached hydrogen (secondary N) is 1. The average Bonchev–Trinajstić information content (AvgIpc) is 3.20. The first-order valence-corrected chi connectivity index (χ1v) is 9.41. The van der Waals surface area contributed by atoms with Crippen LogP contribution in [0.15, 0.2) is 59.0 Å². The van der Waals surface area contributed by atoms with Gasteiger partial charge < -0.3 is 24.3 Å². The molecule has 2 N–H and O–H groups in total. The van der Waals surface area contributed by atoms with Crippen molar-refractivity contribution in [2.45, 2.75) is 26.4 Å². The molecule has 3 aromatic rings. The molecule has 0 aliphatic rings. The van der Waals surface area contributed by atoms with E-state index in [1.165, 1.54) is 5.56 Å². The van der Waals surface area contributed by atoms with E-state index in [4.69, 9.17) is 19.0 Å². The lowest BCUT2D eigenvalue weighted by Gasteiger charge is -2.16. The van der Waals surface area contributed by atoms with Crippen molar-refractivity contribution < 1.29 is 19.0 Å². The van der Waals surface area contributed by atoms with Crippen LogP contribution in [0.1, 0.15) is 29.9 Å². The number of rotatable bonds is 9. The molecule has 148 valence electrons. The molecule has 0 aliphatic heterocycles. The summed E-state index contributed by atoms with van der Waals surface area (Å²) in [6, 6.07) is 18.2. The Morgan fingerprint density at radius 3 is 2.54 bits per heavy atom. The molecule has 5 heteroatoms. The maximum absolute atomic E-state index is 8.91. The highest BCUT2D eigenvalue weighted by Crippen LogP contribution is 2.30. The van der Waals surface area contributed by atoms with Crippen molar-refractivity contribution in [3.8, 4) is 22.8 Å². The van der Waals surface area contributed by atoms with Gasteiger partial charge in [0.05, 0.1) is 20.3 Å². The second-order valence-electron chi connectivity index (χ2n) is 6.72. The lowest BCUT2D eigenvalue weighted by atomic mass is 10.1. The van der Waals surface area contributed by atoms with Gasteiger partial charge in [0, 0.05) is 11.6 Å². The molecule has 2 aromatic carbocycles. The van der Waals surface area contributed by atoms with Gasteiger partial charge in [0.2, 0.25) is 0 Å². The Morgan fingerprint density at radius 2 is 1.82 bits per heavy atom. The molecule has 0 bridgehead atoms. The lowest BCUT2D eigenvalue weighted by Crippen LogP contribution is -2.17. The number of furan rings is 1. The van der Waals surface area contributed by atoms with Gasteiger partial charge in [-0.3, -0.25) is 0 Å². The Labute approximate surface area is 165 Å². The highest BCUT2D eigenvalue weighted by Gasteiger charge is 2.12. The van der Waals surface area contributed by atoms with Gasteiger partial charge >= 0.3 is 0 Å². The van der Waals surface area contributed by atoms with E-state index in [0.717, 1.165) is 22.6 Å². The molecule has 0 saturated heterocycles. The number of hydrogen-bond donors (Lipinski definition) is 2. The molecule has 1 aromatic heterocycles. The fourth-order valence-electron chi connectivity index (χ4n) is 2.95. The van der Waals surface area contributed by atoms with E-state index in [0.29, 0.717) is 18.0 Å². The van der Waals surface area contributed by atoms with Crippen LogP contribution >= 0.6 is 0 Å². The van der Waals surface area contributed by atoms with E-state index < -0.39 is 0 Å². The van der Waals surface area contributed by atoms with Crippen LogP contribution in [0.4, 0.5) is 0 Å². The molecule has 3 rings (SSSR count). The molecule has 0 saturated carbocycles. The van der Waals surface area contributed by atoms with Gasteiger partial charge in [-0.05, 0) is 43.7 Å². The van der Waals surface area contributed by atoms with Gasteiger partial charge in [-0.2, -0.15) is 0 Å². The summed E-state index contributed by atoms with van der Waals surface area (Å²) in [7, 11) is 1.61. The Bertz CT molecular complexity index is 886. The number of aliphatic hydroxyl groups excluding tert-OH is 1. The first kappa shape index (κ1) is 20.0. The van der Waals surface area contributed by atoms with Crippen molar-refractivity contribution in [2.24, 2.45) is 0 Å². The number of aliphatic hydroxyl groups is 1. The minimum absolute atomic E-state index is 0.0312. The first-order valence-electron chi connectivity index (χ1n) is 9.41. The van der Waals surface area contributed by atoms with Gasteiger partial charge in [-0.25, -0.2) is 0 Å². The zero-order valence-electron chi connectivity index (χ0n) is 16.6. The zero-order valence-corrected chi connectivity index (χ0v) is 16.6. The molecule has 0 aliphatic carbocycles. The quantitative estimate of drug-likeness (QED) is 0.572. The van der Waals surface area contributed by atoms with Crippen molar-refractivity contribution in [3.63, 3.8) is 0 Å². The highest BCUT2D eigenvalue weighted by atomic mass is 16.5. The van der Waals surface area contributed by atoms with E-state index in [2.05, 4.69) is 43.4 Å². The zero-order chi connectivity index (χ0) is 19.9. The number of aryl methyl sites for hydroxylation is 1. The summed E-state index contributed by atoms with van der Waals surface area (Å²) in [6.07, 6.45) is 0. The predicted octanol–water partition coefficient (Wildman–Crippen LogP) is 4.49. The molecule has 0 spiro atoms. The maximum atomic E-state index is 8.91. The van der Waals surface area contributed by atoms with Crippen molar-refractivity contribution in [2.75, 3.05) is 20.3 Å². The Kier molecular flexibility index (Phi) is 6.74. The van der Waals surface area contributed by atoms with Crippen LogP contribution in [-0.4, -0.2) is 25.4 Å². The van der Waals surface area contributed by atoms with Crippen LogP contribution < -0.4 is 14.8 Å². The Balaban J connectivity index is 1.62. The molecule has 0 radical (unpaired) electrons. The molecular formula is C23H27NO4. The molecule has 1 atom stereocenters. The maximum Gasteiger partial charge on any atom is 0.161 e. The fraction of sp³-hybridized carbons (Fsp3) is 0.304. The second kappa shape index (κ2) is 9.44. The molecule has 0 fully saturated rings. The van der Waals surface area contributed by atoms with Crippen LogP contribution in [-0.2, 0) is 6.54 Å². The van der Waals surface area contributed by atoms with Crippen LogP contribution in [0.5, 0.6) is 11.5 Å². The van der Waals surface area contributed by atoms with E-state index in [9.17, 15) is 0 Å². The molecular weight excluding hydrogens is 354 g/mol. The third-order valence-corrected chi connectivity index (χ3v) is 4.62. The first-order chi connectivity index (χ1) is 13.6. The summed E-state index contributed by atoms with van der Waals surface area (Å²) in [5.41, 5.74) is 3.39. The van der Waals surface area contributed by atoms with Crippen molar-refractivity contribution in [1.82, 2.24) is 5.32 Å². The Hall–Kier alpha value is -2.76. The second-order valence-corrected chi connectivity index (χ2v) is 6.72.